The van der Waals surface area contributed by atoms with E-state index in [-0.39, 0.29) is 6.04 Å². The third-order valence-electron chi connectivity index (χ3n) is 3.12. The summed E-state index contributed by atoms with van der Waals surface area (Å²) in [6, 6.07) is 7.40. The largest absolute Gasteiger partial charge is 0.463 e. The molecule has 0 heterocycles. The smallest absolute Gasteiger partial charge is 0.408 e. The van der Waals surface area contributed by atoms with Gasteiger partial charge in [0, 0.05) is 10.0 Å². The average molecular weight is 412 g/mol. The van der Waals surface area contributed by atoms with E-state index in [1.807, 2.05) is 24.3 Å². The van der Waals surface area contributed by atoms with Crippen LogP contribution < -0.4 is 5.32 Å². The van der Waals surface area contributed by atoms with Crippen LogP contribution in [0.5, 0.6) is 0 Å². The lowest BCUT2D eigenvalue weighted by molar-refractivity contribution is -0.138. The second kappa shape index (κ2) is 9.61. The van der Waals surface area contributed by atoms with Crippen LogP contribution in [0.4, 0.5) is 4.79 Å². The molecular weight excluding hydrogens is 386 g/mol. The molecule has 0 radical (unpaired) electrons. The summed E-state index contributed by atoms with van der Waals surface area (Å²) < 4.78 is 11.3. The highest BCUT2D eigenvalue weighted by Crippen LogP contribution is 2.14. The minimum atomic E-state index is -0.591. The summed E-state index contributed by atoms with van der Waals surface area (Å²) in [6.07, 6.45) is 1.70. The Morgan fingerprint density at radius 1 is 1.24 bits per heavy atom. The Morgan fingerprint density at radius 3 is 2.36 bits per heavy atom. The van der Waals surface area contributed by atoms with Crippen LogP contribution in [0.1, 0.15) is 40.2 Å². The zero-order valence-corrected chi connectivity index (χ0v) is 17.0. The number of carbonyl (C=O) groups is 2. The van der Waals surface area contributed by atoms with Gasteiger partial charge in [-0.3, -0.25) is 0 Å². The van der Waals surface area contributed by atoms with Crippen LogP contribution in [0, 0.1) is 0 Å². The first-order chi connectivity index (χ1) is 11.6. The van der Waals surface area contributed by atoms with E-state index in [9.17, 15) is 9.59 Å². The highest BCUT2D eigenvalue weighted by Gasteiger charge is 2.20. The molecule has 0 aliphatic carbocycles. The van der Waals surface area contributed by atoms with Crippen molar-refractivity contribution in [3.8, 4) is 0 Å². The van der Waals surface area contributed by atoms with Gasteiger partial charge in [0.25, 0.3) is 0 Å². The van der Waals surface area contributed by atoms with Gasteiger partial charge in [-0.1, -0.05) is 34.1 Å². The Morgan fingerprint density at radius 2 is 1.84 bits per heavy atom. The van der Waals surface area contributed by atoms with Crippen molar-refractivity contribution in [1.82, 2.24) is 5.32 Å². The second-order valence-corrected chi connectivity index (χ2v) is 7.57. The molecule has 0 saturated heterocycles. The monoisotopic (exact) mass is 411 g/mol. The maximum atomic E-state index is 12.1. The van der Waals surface area contributed by atoms with E-state index >= 15 is 0 Å². The Labute approximate surface area is 157 Å². The van der Waals surface area contributed by atoms with Crippen molar-refractivity contribution >= 4 is 28.0 Å². The summed E-state index contributed by atoms with van der Waals surface area (Å²) in [5.74, 6) is -0.394. The van der Waals surface area contributed by atoms with Crippen LogP contribution in [0.15, 0.2) is 40.4 Å². The fourth-order valence-electron chi connectivity index (χ4n) is 2.10. The summed E-state index contributed by atoms with van der Waals surface area (Å²) in [7, 11) is 0. The lowest BCUT2D eigenvalue weighted by Crippen LogP contribution is -2.39. The molecule has 1 rings (SSSR count). The molecule has 1 aromatic carbocycles. The van der Waals surface area contributed by atoms with E-state index in [2.05, 4.69) is 21.2 Å². The maximum Gasteiger partial charge on any atom is 0.408 e. The molecule has 0 unspecified atom stereocenters. The lowest BCUT2D eigenvalue weighted by Gasteiger charge is -2.22. The molecule has 0 aliphatic heterocycles. The molecule has 1 amide bonds. The Hall–Kier alpha value is -1.82. The summed E-state index contributed by atoms with van der Waals surface area (Å²) in [5.41, 5.74) is 0.878. The minimum absolute atomic E-state index is 0.306. The number of nitrogens with one attached hydrogen (secondary N) is 1. The van der Waals surface area contributed by atoms with Gasteiger partial charge in [-0.05, 0) is 58.7 Å². The molecule has 0 bridgehead atoms. The van der Waals surface area contributed by atoms with Gasteiger partial charge in [0.05, 0.1) is 12.6 Å². The van der Waals surface area contributed by atoms with Crippen LogP contribution in [0.25, 0.3) is 0 Å². The summed E-state index contributed by atoms with van der Waals surface area (Å²) in [4.78, 5) is 24.0. The molecule has 0 aromatic heterocycles. The van der Waals surface area contributed by atoms with Crippen LogP contribution in [0.2, 0.25) is 0 Å². The fourth-order valence-corrected chi connectivity index (χ4v) is 2.36. The van der Waals surface area contributed by atoms with Crippen molar-refractivity contribution in [3.05, 3.63) is 46.0 Å². The first-order valence-corrected chi connectivity index (χ1v) is 8.99. The van der Waals surface area contributed by atoms with Crippen LogP contribution in [-0.2, 0) is 20.7 Å². The predicted octanol–water partition coefficient (Wildman–Crippen LogP) is 4.39. The molecule has 5 nitrogen and oxygen atoms in total. The van der Waals surface area contributed by atoms with Gasteiger partial charge < -0.3 is 14.8 Å². The maximum absolute atomic E-state index is 12.1. The van der Waals surface area contributed by atoms with Crippen LogP contribution in [-0.4, -0.2) is 30.3 Å². The van der Waals surface area contributed by atoms with Crippen molar-refractivity contribution in [3.63, 3.8) is 0 Å². The van der Waals surface area contributed by atoms with E-state index in [4.69, 9.17) is 9.47 Å². The quantitative estimate of drug-likeness (QED) is 0.556. The molecule has 1 aromatic rings. The number of carbonyl (C=O) groups excluding carboxylic acids is 2. The standard InChI is InChI=1S/C19H26BrNO4/c1-6-24-17(22)13(2)11-16(21-18(23)25-19(3,4)5)12-14-7-9-15(20)10-8-14/h7-11,16H,6,12H2,1-5H3,(H,21,23)/b13-11+/t16-/m0/s1. The van der Waals surface area contributed by atoms with E-state index in [1.54, 1.807) is 40.7 Å². The van der Waals surface area contributed by atoms with Crippen molar-refractivity contribution in [2.24, 2.45) is 0 Å². The fraction of sp³-hybridized carbons (Fsp3) is 0.474. The zero-order valence-electron chi connectivity index (χ0n) is 15.4. The number of alkyl carbamates (subject to hydrolysis) is 1. The predicted molar refractivity (Wildman–Crippen MR) is 101 cm³/mol. The van der Waals surface area contributed by atoms with Gasteiger partial charge in [-0.15, -0.1) is 0 Å². The molecular formula is C19H26BrNO4. The van der Waals surface area contributed by atoms with Gasteiger partial charge in [0.15, 0.2) is 0 Å². The number of hydrogen-bond donors (Lipinski definition) is 1. The summed E-state index contributed by atoms with van der Waals surface area (Å²) in [5, 5.41) is 2.81. The van der Waals surface area contributed by atoms with Crippen molar-refractivity contribution < 1.29 is 19.1 Å². The first-order valence-electron chi connectivity index (χ1n) is 8.20. The molecule has 0 fully saturated rings. The second-order valence-electron chi connectivity index (χ2n) is 6.65. The third-order valence-corrected chi connectivity index (χ3v) is 3.65. The zero-order chi connectivity index (χ0) is 19.0. The van der Waals surface area contributed by atoms with E-state index in [0.717, 1.165) is 10.0 Å². The summed E-state index contributed by atoms with van der Waals surface area (Å²) in [6.45, 7) is 9.13. The lowest BCUT2D eigenvalue weighted by atomic mass is 10.0. The van der Waals surface area contributed by atoms with Crippen molar-refractivity contribution in [1.29, 1.82) is 0 Å². The van der Waals surface area contributed by atoms with Gasteiger partial charge in [-0.2, -0.15) is 0 Å². The minimum Gasteiger partial charge on any atom is -0.463 e. The summed E-state index contributed by atoms with van der Waals surface area (Å²) >= 11 is 3.40. The number of rotatable bonds is 6. The Bertz CT molecular complexity index is 617. The Balaban J connectivity index is 2.92. The molecule has 25 heavy (non-hydrogen) atoms. The number of hydrogen-bond acceptors (Lipinski definition) is 4. The SMILES string of the molecule is CCOC(=O)/C(C)=C/[C@@H](Cc1ccc(Br)cc1)NC(=O)OC(C)(C)C. The highest BCUT2D eigenvalue weighted by molar-refractivity contribution is 9.10. The number of ether oxygens (including phenoxy) is 2. The third kappa shape index (κ3) is 8.72. The molecule has 1 N–H and O–H groups in total. The molecule has 0 saturated carbocycles. The van der Waals surface area contributed by atoms with Gasteiger partial charge in [0.1, 0.15) is 5.60 Å². The van der Waals surface area contributed by atoms with E-state index in [1.165, 1.54) is 0 Å². The average Bonchev–Trinajstić information content (AvgIpc) is 2.47. The highest BCUT2D eigenvalue weighted by atomic mass is 79.9. The van der Waals surface area contributed by atoms with E-state index in [0.29, 0.717) is 18.6 Å². The number of halogens is 1. The van der Waals surface area contributed by atoms with Crippen LogP contribution in [0.3, 0.4) is 0 Å². The van der Waals surface area contributed by atoms with E-state index < -0.39 is 17.7 Å². The van der Waals surface area contributed by atoms with Gasteiger partial charge in [-0.25, -0.2) is 9.59 Å². The van der Waals surface area contributed by atoms with Crippen molar-refractivity contribution in [2.75, 3.05) is 6.61 Å². The van der Waals surface area contributed by atoms with Gasteiger partial charge >= 0.3 is 12.1 Å². The Kier molecular flexibility index (Phi) is 8.16. The van der Waals surface area contributed by atoms with Crippen LogP contribution >= 0.6 is 15.9 Å². The molecule has 0 aliphatic rings. The number of esters is 1. The van der Waals surface area contributed by atoms with Gasteiger partial charge in [0.2, 0.25) is 0 Å². The normalized spacial score (nSPS) is 13.1. The van der Waals surface area contributed by atoms with Crippen molar-refractivity contribution in [2.45, 2.75) is 52.7 Å². The number of benzene rings is 1. The number of amides is 1. The first kappa shape index (κ1) is 21.2. The molecule has 138 valence electrons. The molecule has 0 spiro atoms. The topological polar surface area (TPSA) is 64.6 Å². The molecule has 1 atom stereocenters. The molecule has 6 heteroatoms.